The molecule has 0 aliphatic rings. The lowest BCUT2D eigenvalue weighted by Crippen LogP contribution is -2.01. The molecule has 4 rings (SSSR count). The molecule has 0 unspecified atom stereocenters. The normalized spacial score (nSPS) is 11.2. The molecule has 1 aromatic carbocycles. The molecule has 1 N–H and O–H groups in total. The lowest BCUT2D eigenvalue weighted by molar-refractivity contribution is 0.517. The third kappa shape index (κ3) is 1.72. The third-order valence-corrected chi connectivity index (χ3v) is 3.20. The summed E-state index contributed by atoms with van der Waals surface area (Å²) in [6.07, 6.45) is 3.36. The monoisotopic (exact) mass is 265 g/mol. The van der Waals surface area contributed by atoms with Crippen molar-refractivity contribution in [2.75, 3.05) is 5.32 Å². The number of hydrogen-bond acceptors (Lipinski definition) is 5. The molecular weight excluding hydrogens is 254 g/mol. The van der Waals surface area contributed by atoms with Gasteiger partial charge in [0.25, 0.3) is 0 Å². The van der Waals surface area contributed by atoms with Crippen LogP contribution in [-0.4, -0.2) is 10.2 Å². The minimum absolute atomic E-state index is 0.540. The molecular formula is C15H11N3O2. The summed E-state index contributed by atoms with van der Waals surface area (Å²) in [5, 5.41) is 13.3. The molecule has 0 aliphatic heterocycles. The van der Waals surface area contributed by atoms with E-state index in [9.17, 15) is 0 Å². The van der Waals surface area contributed by atoms with Gasteiger partial charge in [0.05, 0.1) is 24.4 Å². The number of para-hydroxylation sites is 1. The van der Waals surface area contributed by atoms with Crippen molar-refractivity contribution in [3.05, 3.63) is 54.6 Å². The molecule has 0 saturated carbocycles. The van der Waals surface area contributed by atoms with Crippen LogP contribution in [0.4, 0.5) is 5.82 Å². The van der Waals surface area contributed by atoms with E-state index < -0.39 is 0 Å². The van der Waals surface area contributed by atoms with Crippen LogP contribution in [-0.2, 0) is 6.54 Å². The predicted octanol–water partition coefficient (Wildman–Crippen LogP) is 3.58. The standard InChI is InChI=1S/C15H11N3O2/c1-2-6-13-11(5-1)12-9-17-18-15(14(12)20-13)16-8-10-4-3-7-19-10/h1-7,9H,8H2,(H,16,18). The van der Waals surface area contributed by atoms with E-state index in [0.717, 1.165) is 22.1 Å². The van der Waals surface area contributed by atoms with Crippen molar-refractivity contribution in [3.8, 4) is 0 Å². The van der Waals surface area contributed by atoms with Crippen LogP contribution in [0.1, 0.15) is 5.76 Å². The Morgan fingerprint density at radius 1 is 1.05 bits per heavy atom. The number of hydrogen-bond donors (Lipinski definition) is 1. The summed E-state index contributed by atoms with van der Waals surface area (Å²) in [6, 6.07) is 11.6. The van der Waals surface area contributed by atoms with Gasteiger partial charge in [0.15, 0.2) is 11.4 Å². The summed E-state index contributed by atoms with van der Waals surface area (Å²) < 4.78 is 11.1. The Bertz CT molecular complexity index is 865. The number of nitrogens with one attached hydrogen (secondary N) is 1. The van der Waals surface area contributed by atoms with Crippen LogP contribution in [0, 0.1) is 0 Å². The van der Waals surface area contributed by atoms with E-state index in [1.54, 1.807) is 12.5 Å². The molecule has 3 heterocycles. The largest absolute Gasteiger partial charge is 0.467 e. The highest BCUT2D eigenvalue weighted by Crippen LogP contribution is 2.31. The Morgan fingerprint density at radius 2 is 2.00 bits per heavy atom. The maximum absolute atomic E-state index is 5.86. The van der Waals surface area contributed by atoms with E-state index in [1.807, 2.05) is 36.4 Å². The fourth-order valence-electron chi connectivity index (χ4n) is 2.26. The van der Waals surface area contributed by atoms with Crippen molar-refractivity contribution in [2.45, 2.75) is 6.54 Å². The molecule has 0 aliphatic carbocycles. The molecule has 0 amide bonds. The van der Waals surface area contributed by atoms with Crippen molar-refractivity contribution < 1.29 is 8.83 Å². The van der Waals surface area contributed by atoms with Crippen molar-refractivity contribution >= 4 is 27.8 Å². The summed E-state index contributed by atoms with van der Waals surface area (Å²) >= 11 is 0. The van der Waals surface area contributed by atoms with Gasteiger partial charge >= 0.3 is 0 Å². The van der Waals surface area contributed by atoms with Gasteiger partial charge in [-0.2, -0.15) is 5.10 Å². The predicted molar refractivity (Wildman–Crippen MR) is 75.3 cm³/mol. The number of benzene rings is 1. The van der Waals surface area contributed by atoms with Gasteiger partial charge in [-0.3, -0.25) is 0 Å². The van der Waals surface area contributed by atoms with Crippen LogP contribution in [0.25, 0.3) is 21.9 Å². The molecule has 0 fully saturated rings. The minimum atomic E-state index is 0.540. The number of nitrogens with zero attached hydrogens (tertiary/aromatic N) is 2. The van der Waals surface area contributed by atoms with Crippen molar-refractivity contribution in [3.63, 3.8) is 0 Å². The van der Waals surface area contributed by atoms with Crippen LogP contribution < -0.4 is 5.32 Å². The summed E-state index contributed by atoms with van der Waals surface area (Å²) in [6.45, 7) is 0.540. The number of anilines is 1. The van der Waals surface area contributed by atoms with Gasteiger partial charge in [-0.1, -0.05) is 18.2 Å². The van der Waals surface area contributed by atoms with Crippen LogP contribution >= 0.6 is 0 Å². The summed E-state index contributed by atoms with van der Waals surface area (Å²) in [5.74, 6) is 1.45. The highest BCUT2D eigenvalue weighted by Gasteiger charge is 2.12. The average molecular weight is 265 g/mol. The number of rotatable bonds is 3. The first kappa shape index (κ1) is 11.0. The SMILES string of the molecule is c1coc(CNc2nncc3c2oc2ccccc23)c1. The second-order valence-corrected chi connectivity index (χ2v) is 4.47. The Balaban J connectivity index is 1.79. The van der Waals surface area contributed by atoms with E-state index in [2.05, 4.69) is 15.5 Å². The minimum Gasteiger partial charge on any atom is -0.467 e. The highest BCUT2D eigenvalue weighted by atomic mass is 16.3. The van der Waals surface area contributed by atoms with E-state index in [0.29, 0.717) is 17.9 Å². The lowest BCUT2D eigenvalue weighted by Gasteiger charge is -2.02. The van der Waals surface area contributed by atoms with Gasteiger partial charge in [0.1, 0.15) is 11.3 Å². The number of aromatic nitrogens is 2. The van der Waals surface area contributed by atoms with Crippen molar-refractivity contribution in [2.24, 2.45) is 0 Å². The Morgan fingerprint density at radius 3 is 2.90 bits per heavy atom. The molecule has 4 aromatic rings. The summed E-state index contributed by atoms with van der Waals surface area (Å²) in [5.41, 5.74) is 1.55. The topological polar surface area (TPSA) is 64.1 Å². The molecule has 0 radical (unpaired) electrons. The first-order valence-corrected chi connectivity index (χ1v) is 6.31. The van der Waals surface area contributed by atoms with E-state index >= 15 is 0 Å². The van der Waals surface area contributed by atoms with Crippen molar-refractivity contribution in [1.82, 2.24) is 10.2 Å². The Hall–Kier alpha value is -2.82. The molecule has 20 heavy (non-hydrogen) atoms. The van der Waals surface area contributed by atoms with Gasteiger partial charge in [0.2, 0.25) is 0 Å². The van der Waals surface area contributed by atoms with Gasteiger partial charge in [-0.15, -0.1) is 5.10 Å². The van der Waals surface area contributed by atoms with E-state index in [-0.39, 0.29) is 0 Å². The Labute approximate surface area is 114 Å². The molecule has 0 spiro atoms. The zero-order valence-corrected chi connectivity index (χ0v) is 10.5. The maximum atomic E-state index is 5.86. The van der Waals surface area contributed by atoms with Gasteiger partial charge < -0.3 is 14.2 Å². The van der Waals surface area contributed by atoms with Crippen LogP contribution in [0.5, 0.6) is 0 Å². The second-order valence-electron chi connectivity index (χ2n) is 4.47. The smallest absolute Gasteiger partial charge is 0.192 e. The number of fused-ring (bicyclic) bond motifs is 3. The third-order valence-electron chi connectivity index (χ3n) is 3.20. The maximum Gasteiger partial charge on any atom is 0.192 e. The molecule has 98 valence electrons. The molecule has 0 bridgehead atoms. The average Bonchev–Trinajstić information content (AvgIpc) is 3.12. The van der Waals surface area contributed by atoms with E-state index in [1.165, 1.54) is 0 Å². The first-order valence-electron chi connectivity index (χ1n) is 6.31. The fourth-order valence-corrected chi connectivity index (χ4v) is 2.26. The summed E-state index contributed by atoms with van der Waals surface area (Å²) in [4.78, 5) is 0. The number of furan rings is 2. The first-order chi connectivity index (χ1) is 9.92. The Kier molecular flexibility index (Phi) is 2.42. The van der Waals surface area contributed by atoms with E-state index in [4.69, 9.17) is 8.83 Å². The molecule has 0 saturated heterocycles. The van der Waals surface area contributed by atoms with Gasteiger partial charge in [0, 0.05) is 5.39 Å². The molecule has 5 heteroatoms. The quantitative estimate of drug-likeness (QED) is 0.613. The molecule has 3 aromatic heterocycles. The van der Waals surface area contributed by atoms with Crippen LogP contribution in [0.2, 0.25) is 0 Å². The van der Waals surface area contributed by atoms with Gasteiger partial charge in [-0.25, -0.2) is 0 Å². The van der Waals surface area contributed by atoms with Crippen LogP contribution in [0.15, 0.2) is 57.7 Å². The lowest BCUT2D eigenvalue weighted by atomic mass is 10.2. The highest BCUT2D eigenvalue weighted by molar-refractivity contribution is 6.07. The zero-order valence-electron chi connectivity index (χ0n) is 10.5. The van der Waals surface area contributed by atoms with Gasteiger partial charge in [-0.05, 0) is 18.2 Å². The molecule has 0 atom stereocenters. The second kappa shape index (κ2) is 4.38. The summed E-state index contributed by atoms with van der Waals surface area (Å²) in [7, 11) is 0. The molecule has 5 nitrogen and oxygen atoms in total. The fraction of sp³-hybridized carbons (Fsp3) is 0.0667. The van der Waals surface area contributed by atoms with Crippen LogP contribution in [0.3, 0.4) is 0 Å². The zero-order chi connectivity index (χ0) is 13.4. The van der Waals surface area contributed by atoms with Crippen molar-refractivity contribution in [1.29, 1.82) is 0 Å².